The Kier molecular flexibility index (Phi) is 4.43. The lowest BCUT2D eigenvalue weighted by Gasteiger charge is -2.18. The van der Waals surface area contributed by atoms with Gasteiger partial charge < -0.3 is 15.2 Å². The third kappa shape index (κ3) is 3.47. The summed E-state index contributed by atoms with van der Waals surface area (Å²) in [7, 11) is 0. The van der Waals surface area contributed by atoms with Crippen LogP contribution in [0.3, 0.4) is 0 Å². The number of carbonyl (C=O) groups is 1. The van der Waals surface area contributed by atoms with E-state index in [0.29, 0.717) is 5.75 Å². The molecule has 1 fully saturated rings. The highest BCUT2D eigenvalue weighted by atomic mass is 16.5. The molecule has 4 nitrogen and oxygen atoms in total. The second kappa shape index (κ2) is 6.06. The fourth-order valence-corrected chi connectivity index (χ4v) is 2.24. The Morgan fingerprint density at radius 2 is 2.21 bits per heavy atom. The minimum absolute atomic E-state index is 0.0310. The van der Waals surface area contributed by atoms with Gasteiger partial charge in [-0.3, -0.25) is 4.79 Å². The van der Waals surface area contributed by atoms with Crippen LogP contribution >= 0.6 is 0 Å². The van der Waals surface area contributed by atoms with Gasteiger partial charge in [-0.05, 0) is 56.4 Å². The summed E-state index contributed by atoms with van der Waals surface area (Å²) >= 11 is 0. The number of hydrogen-bond donors (Lipinski definition) is 2. The summed E-state index contributed by atoms with van der Waals surface area (Å²) < 4.78 is 5.82. The summed E-state index contributed by atoms with van der Waals surface area (Å²) in [6, 6.07) is 5.56. The third-order valence-electron chi connectivity index (χ3n) is 3.44. The van der Waals surface area contributed by atoms with Gasteiger partial charge in [0.1, 0.15) is 5.75 Å². The summed E-state index contributed by atoms with van der Waals surface area (Å²) in [4.78, 5) is 11.8. The van der Waals surface area contributed by atoms with Crippen LogP contribution in [0, 0.1) is 6.92 Å². The molecule has 2 rings (SSSR count). The summed E-state index contributed by atoms with van der Waals surface area (Å²) in [6.45, 7) is 4.39. The summed E-state index contributed by atoms with van der Waals surface area (Å²) in [6.07, 6.45) is 1.86. The minimum atomic E-state index is -0.492. The molecule has 19 heavy (non-hydrogen) atoms. The second-order valence-electron chi connectivity index (χ2n) is 5.09. The number of ether oxygens (including phenoxy) is 1. The number of hydrogen-bond acceptors (Lipinski definition) is 3. The highest BCUT2D eigenvalue weighted by molar-refractivity contribution is 5.81. The quantitative estimate of drug-likeness (QED) is 0.878. The molecule has 1 unspecified atom stereocenters. The molecule has 0 spiro atoms. The largest absolute Gasteiger partial charge is 0.480 e. The van der Waals surface area contributed by atoms with Gasteiger partial charge in [-0.2, -0.15) is 0 Å². The molecular weight excluding hydrogens is 242 g/mol. The molecule has 1 aromatic rings. The minimum Gasteiger partial charge on any atom is -0.480 e. The van der Waals surface area contributed by atoms with E-state index in [1.165, 1.54) is 0 Å². The Morgan fingerprint density at radius 3 is 2.89 bits per heavy atom. The number of amides is 1. The maximum Gasteiger partial charge on any atom is 0.261 e. The van der Waals surface area contributed by atoms with Gasteiger partial charge >= 0.3 is 0 Å². The van der Waals surface area contributed by atoms with Crippen LogP contribution in [0.2, 0.25) is 0 Å². The molecule has 0 saturated carbocycles. The van der Waals surface area contributed by atoms with Crippen molar-refractivity contribution in [3.05, 3.63) is 29.3 Å². The molecule has 0 radical (unpaired) electrons. The number of carbonyl (C=O) groups excluding carboxylic acids is 1. The lowest BCUT2D eigenvalue weighted by atomic mass is 10.1. The first-order chi connectivity index (χ1) is 9.08. The van der Waals surface area contributed by atoms with Crippen molar-refractivity contribution in [1.82, 2.24) is 5.32 Å². The van der Waals surface area contributed by atoms with Crippen LogP contribution in [-0.2, 0) is 4.79 Å². The molecule has 1 aromatic carbocycles. The van der Waals surface area contributed by atoms with Crippen LogP contribution in [0.4, 0.5) is 0 Å². The van der Waals surface area contributed by atoms with E-state index in [0.717, 1.165) is 36.9 Å². The highest BCUT2D eigenvalue weighted by Gasteiger charge is 2.22. The molecular formula is C15H21NO3. The van der Waals surface area contributed by atoms with Crippen LogP contribution in [-0.4, -0.2) is 23.7 Å². The monoisotopic (exact) mass is 263 g/mol. The first kappa shape index (κ1) is 13.9. The standard InChI is InChI=1S/C15H21NO3/c1-10-9-12(11(2)17)6-7-13(10)19-14-5-3-4-8-16-15(14)18/h6-7,9,11,14,17H,3-5,8H2,1-2H3,(H,16,18)/t11-,14?/m0/s1. The predicted molar refractivity (Wildman–Crippen MR) is 73.1 cm³/mol. The Hall–Kier alpha value is -1.55. The van der Waals surface area contributed by atoms with Gasteiger partial charge in [0.05, 0.1) is 6.10 Å². The summed E-state index contributed by atoms with van der Waals surface area (Å²) in [5.41, 5.74) is 1.80. The smallest absolute Gasteiger partial charge is 0.261 e. The zero-order chi connectivity index (χ0) is 13.8. The number of nitrogens with one attached hydrogen (secondary N) is 1. The molecule has 0 aliphatic carbocycles. The van der Waals surface area contributed by atoms with Crippen molar-refractivity contribution in [1.29, 1.82) is 0 Å². The van der Waals surface area contributed by atoms with E-state index in [-0.39, 0.29) is 5.91 Å². The maximum atomic E-state index is 11.8. The lowest BCUT2D eigenvalue weighted by molar-refractivity contribution is -0.127. The van der Waals surface area contributed by atoms with Crippen LogP contribution in [0.1, 0.15) is 43.4 Å². The molecule has 4 heteroatoms. The molecule has 1 amide bonds. The van der Waals surface area contributed by atoms with E-state index >= 15 is 0 Å². The fourth-order valence-electron chi connectivity index (χ4n) is 2.24. The Bertz CT molecular complexity index is 457. The predicted octanol–water partition coefficient (Wildman–Crippen LogP) is 2.10. The molecule has 0 aromatic heterocycles. The van der Waals surface area contributed by atoms with Gasteiger partial charge in [-0.25, -0.2) is 0 Å². The van der Waals surface area contributed by atoms with Crippen molar-refractivity contribution in [2.75, 3.05) is 6.54 Å². The van der Waals surface area contributed by atoms with E-state index in [1.807, 2.05) is 25.1 Å². The van der Waals surface area contributed by atoms with Crippen LogP contribution in [0.15, 0.2) is 18.2 Å². The zero-order valence-electron chi connectivity index (χ0n) is 11.5. The Morgan fingerprint density at radius 1 is 1.42 bits per heavy atom. The Labute approximate surface area is 113 Å². The SMILES string of the molecule is Cc1cc([C@H](C)O)ccc1OC1CCCCNC1=O. The maximum absolute atomic E-state index is 11.8. The van der Waals surface area contributed by atoms with Gasteiger partial charge in [0.2, 0.25) is 0 Å². The molecule has 0 bridgehead atoms. The van der Waals surface area contributed by atoms with Crippen molar-refractivity contribution in [2.24, 2.45) is 0 Å². The Balaban J connectivity index is 2.11. The number of aryl methyl sites for hydroxylation is 1. The van der Waals surface area contributed by atoms with E-state index in [2.05, 4.69) is 5.32 Å². The van der Waals surface area contributed by atoms with Crippen molar-refractivity contribution < 1.29 is 14.6 Å². The van der Waals surface area contributed by atoms with Crippen LogP contribution < -0.4 is 10.1 Å². The number of rotatable bonds is 3. The van der Waals surface area contributed by atoms with Crippen molar-refractivity contribution in [3.63, 3.8) is 0 Å². The summed E-state index contributed by atoms with van der Waals surface area (Å²) in [5.74, 6) is 0.683. The molecule has 2 atom stereocenters. The van der Waals surface area contributed by atoms with E-state index in [1.54, 1.807) is 6.92 Å². The topological polar surface area (TPSA) is 58.6 Å². The van der Waals surface area contributed by atoms with Gasteiger partial charge in [0.25, 0.3) is 5.91 Å². The molecule has 104 valence electrons. The molecule has 1 aliphatic heterocycles. The average Bonchev–Trinajstić information content (AvgIpc) is 2.57. The third-order valence-corrected chi connectivity index (χ3v) is 3.44. The van der Waals surface area contributed by atoms with Gasteiger partial charge in [0, 0.05) is 6.54 Å². The first-order valence-corrected chi connectivity index (χ1v) is 6.81. The highest BCUT2D eigenvalue weighted by Crippen LogP contribution is 2.24. The van der Waals surface area contributed by atoms with E-state index in [9.17, 15) is 9.90 Å². The number of aliphatic hydroxyl groups is 1. The van der Waals surface area contributed by atoms with Crippen LogP contribution in [0.5, 0.6) is 5.75 Å². The zero-order valence-corrected chi connectivity index (χ0v) is 11.5. The lowest BCUT2D eigenvalue weighted by Crippen LogP contribution is -2.36. The van der Waals surface area contributed by atoms with Gasteiger partial charge in [-0.1, -0.05) is 6.07 Å². The van der Waals surface area contributed by atoms with Gasteiger partial charge in [0.15, 0.2) is 6.10 Å². The second-order valence-corrected chi connectivity index (χ2v) is 5.09. The molecule has 1 heterocycles. The normalized spacial score (nSPS) is 21.4. The van der Waals surface area contributed by atoms with E-state index < -0.39 is 12.2 Å². The van der Waals surface area contributed by atoms with Crippen molar-refractivity contribution in [2.45, 2.75) is 45.3 Å². The average molecular weight is 263 g/mol. The molecule has 2 N–H and O–H groups in total. The number of benzene rings is 1. The van der Waals surface area contributed by atoms with Crippen molar-refractivity contribution >= 4 is 5.91 Å². The van der Waals surface area contributed by atoms with Crippen LogP contribution in [0.25, 0.3) is 0 Å². The summed E-state index contributed by atoms with van der Waals surface area (Å²) in [5, 5.41) is 12.4. The first-order valence-electron chi connectivity index (χ1n) is 6.81. The van der Waals surface area contributed by atoms with Gasteiger partial charge in [-0.15, -0.1) is 0 Å². The molecule has 1 aliphatic rings. The number of aliphatic hydroxyl groups excluding tert-OH is 1. The molecule has 1 saturated heterocycles. The van der Waals surface area contributed by atoms with Crippen molar-refractivity contribution in [3.8, 4) is 5.75 Å². The van der Waals surface area contributed by atoms with E-state index in [4.69, 9.17) is 4.74 Å². The fraction of sp³-hybridized carbons (Fsp3) is 0.533.